The Kier molecular flexibility index (Phi) is 51.7. The summed E-state index contributed by atoms with van der Waals surface area (Å²) in [5, 5.41) is 9.70. The van der Waals surface area contributed by atoms with Crippen molar-refractivity contribution in [3.63, 3.8) is 0 Å². The fourth-order valence-corrected chi connectivity index (χ4v) is 7.47. The summed E-state index contributed by atoms with van der Waals surface area (Å²) in [7, 11) is 5.94. The quantitative estimate of drug-likeness (QED) is 0.0211. The van der Waals surface area contributed by atoms with Crippen LogP contribution in [0.2, 0.25) is 0 Å². The van der Waals surface area contributed by atoms with Crippen LogP contribution in [0.25, 0.3) is 0 Å². The Morgan fingerprint density at radius 2 is 0.770 bits per heavy atom. The average Bonchev–Trinajstić information content (AvgIpc) is 3.37. The molecule has 9 heteroatoms. The molecule has 0 heterocycles. The number of allylic oxidation sites excluding steroid dienone is 20. The number of ether oxygens (including phenoxy) is 4. The maximum atomic E-state index is 12.9. The largest absolute Gasteiger partial charge is 0.477 e. The van der Waals surface area contributed by atoms with Gasteiger partial charge >= 0.3 is 17.9 Å². The predicted octanol–water partition coefficient (Wildman–Crippen LogP) is 17.3. The summed E-state index contributed by atoms with van der Waals surface area (Å²) in [4.78, 5) is 37.4. The summed E-state index contributed by atoms with van der Waals surface area (Å²) in [6.45, 7) is 4.70. The van der Waals surface area contributed by atoms with Gasteiger partial charge in [0, 0.05) is 12.8 Å². The van der Waals surface area contributed by atoms with Gasteiger partial charge in [-0.05, 0) is 109 Å². The van der Waals surface area contributed by atoms with Crippen molar-refractivity contribution >= 4 is 17.9 Å². The third-order valence-electron chi connectivity index (χ3n) is 12.0. The number of hydrogen-bond donors (Lipinski definition) is 1. The Labute approximate surface area is 453 Å². The number of hydrogen-bond acceptors (Lipinski definition) is 7. The fraction of sp³-hybridized carbons (Fsp3) is 0.646. The lowest BCUT2D eigenvalue weighted by Gasteiger charge is -2.25. The van der Waals surface area contributed by atoms with E-state index in [4.69, 9.17) is 18.9 Å². The molecule has 0 rings (SSSR count). The van der Waals surface area contributed by atoms with Crippen LogP contribution in [0.3, 0.4) is 0 Å². The normalized spacial score (nSPS) is 13.7. The van der Waals surface area contributed by atoms with Crippen molar-refractivity contribution in [2.24, 2.45) is 0 Å². The van der Waals surface area contributed by atoms with Gasteiger partial charge in [-0.15, -0.1) is 0 Å². The standard InChI is InChI=1S/C65H107NO8/c1-6-8-10-12-14-16-18-20-22-24-26-27-28-29-30-31-32-33-34-35-36-37-38-40-42-44-46-48-50-52-54-56-63(68)74-61(60-73-65(64(69)70)71-58-57-66(3,4)5)59-72-62(67)55-53-51-49-47-45-43-41-39-25-23-21-19-17-15-13-11-9-7-2/h8,10,14,16,20,22-23,25-27,29-30,32-33,35-36,38,40,44,46,61,65H,6-7,9,11-13,15,17-19,21,24,28,31,34,37,39,41-43,45,47-60H2,1-5H3/p+1/b10-8-,16-14-,22-20-,25-23-,27-26-,30-29-,33-32-,36-35-,40-38-,46-44-. The molecule has 1 N–H and O–H groups in total. The zero-order valence-electron chi connectivity index (χ0n) is 47.7. The molecule has 0 aliphatic heterocycles. The molecule has 0 aromatic rings. The summed E-state index contributed by atoms with van der Waals surface area (Å²) in [5.74, 6) is -2.07. The maximum absolute atomic E-state index is 12.9. The number of carbonyl (C=O) groups excluding carboxylic acids is 2. The molecule has 74 heavy (non-hydrogen) atoms. The summed E-state index contributed by atoms with van der Waals surface area (Å²) < 4.78 is 22.8. The smallest absolute Gasteiger partial charge is 0.361 e. The zero-order chi connectivity index (χ0) is 54.1. The Bertz CT molecular complexity index is 1620. The van der Waals surface area contributed by atoms with Gasteiger partial charge in [0.1, 0.15) is 13.2 Å². The lowest BCUT2D eigenvalue weighted by atomic mass is 10.1. The molecule has 0 spiro atoms. The van der Waals surface area contributed by atoms with Crippen LogP contribution in [0.4, 0.5) is 0 Å². The van der Waals surface area contributed by atoms with Gasteiger partial charge in [0.05, 0.1) is 34.4 Å². The first-order chi connectivity index (χ1) is 36.1. The van der Waals surface area contributed by atoms with E-state index in [9.17, 15) is 19.5 Å². The molecule has 9 nitrogen and oxygen atoms in total. The molecule has 0 aliphatic rings. The Balaban J connectivity index is 4.37. The van der Waals surface area contributed by atoms with Gasteiger partial charge in [-0.2, -0.15) is 0 Å². The molecule has 2 atom stereocenters. The molecule has 0 aromatic heterocycles. The molecular weight excluding hydrogens is 923 g/mol. The lowest BCUT2D eigenvalue weighted by molar-refractivity contribution is -0.870. The second-order valence-electron chi connectivity index (χ2n) is 20.2. The van der Waals surface area contributed by atoms with Crippen LogP contribution in [0.1, 0.15) is 213 Å². The predicted molar refractivity (Wildman–Crippen MR) is 313 cm³/mol. The Hall–Kier alpha value is -4.31. The highest BCUT2D eigenvalue weighted by Gasteiger charge is 2.25. The van der Waals surface area contributed by atoms with E-state index in [0.29, 0.717) is 17.4 Å². The molecule has 0 fully saturated rings. The monoisotopic (exact) mass is 1030 g/mol. The number of likely N-dealkylation sites (N-methyl/N-ethyl adjacent to an activating group) is 1. The van der Waals surface area contributed by atoms with Crippen molar-refractivity contribution < 1.29 is 42.9 Å². The molecule has 0 aromatic carbocycles. The van der Waals surface area contributed by atoms with E-state index >= 15 is 0 Å². The Morgan fingerprint density at radius 3 is 1.18 bits per heavy atom. The zero-order valence-corrected chi connectivity index (χ0v) is 47.7. The SMILES string of the molecule is CC/C=C\C/C=C\C/C=C\C/C=C\C/C=C\C/C=C\C/C=C\C/C=C\C/C=C\CCCCCC(=O)OC(COC(=O)CCCCCCCCC/C=C\CCCCCCCCC)COC(OCC[N+](C)(C)C)C(=O)O. The van der Waals surface area contributed by atoms with Crippen molar-refractivity contribution in [1.82, 2.24) is 0 Å². The molecule has 0 radical (unpaired) electrons. The number of carboxylic acid groups (broad SMARTS) is 1. The fourth-order valence-electron chi connectivity index (χ4n) is 7.47. The summed E-state index contributed by atoms with van der Waals surface area (Å²) in [6.07, 6.45) is 74.2. The number of rotatable bonds is 52. The van der Waals surface area contributed by atoms with Gasteiger partial charge in [0.25, 0.3) is 6.29 Å². The number of aliphatic carboxylic acids is 1. The van der Waals surface area contributed by atoms with Crippen LogP contribution in [-0.2, 0) is 33.3 Å². The van der Waals surface area contributed by atoms with Crippen LogP contribution < -0.4 is 0 Å². The first-order valence-electron chi connectivity index (χ1n) is 29.2. The third-order valence-corrected chi connectivity index (χ3v) is 12.0. The second kappa shape index (κ2) is 54.9. The third kappa shape index (κ3) is 55.4. The number of nitrogens with zero attached hydrogens (tertiary/aromatic N) is 1. The van der Waals surface area contributed by atoms with Crippen LogP contribution in [-0.4, -0.2) is 87.4 Å². The first kappa shape index (κ1) is 69.7. The van der Waals surface area contributed by atoms with Crippen molar-refractivity contribution in [3.8, 4) is 0 Å². The van der Waals surface area contributed by atoms with Gasteiger partial charge in [-0.3, -0.25) is 9.59 Å². The van der Waals surface area contributed by atoms with E-state index in [0.717, 1.165) is 109 Å². The summed E-state index contributed by atoms with van der Waals surface area (Å²) in [5.41, 5.74) is 0. The molecule has 0 saturated heterocycles. The topological polar surface area (TPSA) is 108 Å². The molecule has 420 valence electrons. The highest BCUT2D eigenvalue weighted by atomic mass is 16.7. The van der Waals surface area contributed by atoms with E-state index in [1.165, 1.54) is 70.6 Å². The lowest BCUT2D eigenvalue weighted by Crippen LogP contribution is -2.40. The minimum Gasteiger partial charge on any atom is -0.477 e. The van der Waals surface area contributed by atoms with E-state index < -0.39 is 24.3 Å². The minimum atomic E-state index is -1.53. The van der Waals surface area contributed by atoms with E-state index in [1.54, 1.807) is 0 Å². The number of carbonyl (C=O) groups is 3. The minimum absolute atomic E-state index is 0.174. The van der Waals surface area contributed by atoms with Crippen LogP contribution in [0.15, 0.2) is 122 Å². The highest BCUT2D eigenvalue weighted by molar-refractivity contribution is 5.71. The molecule has 0 bridgehead atoms. The van der Waals surface area contributed by atoms with E-state index in [2.05, 4.69) is 135 Å². The molecule has 0 amide bonds. The number of unbranched alkanes of at least 4 members (excludes halogenated alkanes) is 17. The van der Waals surface area contributed by atoms with Crippen LogP contribution in [0.5, 0.6) is 0 Å². The van der Waals surface area contributed by atoms with Gasteiger partial charge in [-0.25, -0.2) is 4.79 Å². The first-order valence-corrected chi connectivity index (χ1v) is 29.2. The van der Waals surface area contributed by atoms with E-state index in [1.807, 2.05) is 21.1 Å². The number of carboxylic acids is 1. The van der Waals surface area contributed by atoms with Gasteiger partial charge in [0.15, 0.2) is 6.10 Å². The van der Waals surface area contributed by atoms with Gasteiger partial charge < -0.3 is 28.5 Å². The summed E-state index contributed by atoms with van der Waals surface area (Å²) in [6, 6.07) is 0. The van der Waals surface area contributed by atoms with Crippen molar-refractivity contribution in [2.45, 2.75) is 225 Å². The van der Waals surface area contributed by atoms with Crippen molar-refractivity contribution in [3.05, 3.63) is 122 Å². The molecule has 2 unspecified atom stereocenters. The van der Waals surface area contributed by atoms with E-state index in [-0.39, 0.29) is 38.6 Å². The van der Waals surface area contributed by atoms with Gasteiger partial charge in [-0.1, -0.05) is 212 Å². The van der Waals surface area contributed by atoms with Crippen molar-refractivity contribution in [2.75, 3.05) is 47.5 Å². The number of esters is 2. The van der Waals surface area contributed by atoms with Crippen molar-refractivity contribution in [1.29, 1.82) is 0 Å². The Morgan fingerprint density at radius 1 is 0.419 bits per heavy atom. The van der Waals surface area contributed by atoms with Crippen LogP contribution >= 0.6 is 0 Å². The summed E-state index contributed by atoms with van der Waals surface area (Å²) >= 11 is 0. The number of quaternary nitrogens is 1. The highest BCUT2D eigenvalue weighted by Crippen LogP contribution is 2.14. The maximum Gasteiger partial charge on any atom is 0.361 e. The average molecular weight is 1030 g/mol. The van der Waals surface area contributed by atoms with Gasteiger partial charge in [0.2, 0.25) is 0 Å². The van der Waals surface area contributed by atoms with Crippen LogP contribution in [0, 0.1) is 0 Å². The molecular formula is C65H108NO8+. The molecule has 0 saturated carbocycles. The molecule has 0 aliphatic carbocycles. The second-order valence-corrected chi connectivity index (χ2v) is 20.2.